The first-order valence-corrected chi connectivity index (χ1v) is 3.74. The van der Waals surface area contributed by atoms with E-state index in [1.54, 1.807) is 6.92 Å². The summed E-state index contributed by atoms with van der Waals surface area (Å²) in [5, 5.41) is 22.1. The molecule has 0 atom stereocenters. The van der Waals surface area contributed by atoms with Crippen LogP contribution in [0.1, 0.15) is 11.5 Å². The molecule has 6 nitrogen and oxygen atoms in total. The first kappa shape index (κ1) is 7.93. The second kappa shape index (κ2) is 2.67. The quantitative estimate of drug-likeness (QED) is 0.625. The summed E-state index contributed by atoms with van der Waals surface area (Å²) in [4.78, 5) is 7.91. The highest BCUT2D eigenvalue weighted by Gasteiger charge is 2.06. The molecule has 0 radical (unpaired) electrons. The van der Waals surface area contributed by atoms with Gasteiger partial charge in [-0.15, -0.1) is 5.10 Å². The van der Waals surface area contributed by atoms with Crippen LogP contribution < -0.4 is 0 Å². The first-order valence-electron chi connectivity index (χ1n) is 3.74. The Morgan fingerprint density at radius 1 is 1.46 bits per heavy atom. The predicted molar refractivity (Wildman–Crippen MR) is 43.1 cm³/mol. The Morgan fingerprint density at radius 2 is 2.23 bits per heavy atom. The van der Waals surface area contributed by atoms with Crippen molar-refractivity contribution >= 4 is 5.78 Å². The van der Waals surface area contributed by atoms with Gasteiger partial charge in [-0.1, -0.05) is 0 Å². The fourth-order valence-corrected chi connectivity index (χ4v) is 1.08. The summed E-state index contributed by atoms with van der Waals surface area (Å²) in [6.07, 6.45) is 0. The van der Waals surface area contributed by atoms with E-state index >= 15 is 0 Å². The van der Waals surface area contributed by atoms with Crippen molar-refractivity contribution in [3.8, 4) is 5.88 Å². The van der Waals surface area contributed by atoms with Gasteiger partial charge in [0, 0.05) is 6.07 Å². The summed E-state index contributed by atoms with van der Waals surface area (Å²) in [6, 6.07) is 1.35. The van der Waals surface area contributed by atoms with E-state index in [2.05, 4.69) is 15.1 Å². The molecule has 68 valence electrons. The summed E-state index contributed by atoms with van der Waals surface area (Å²) in [7, 11) is 0. The minimum Gasteiger partial charge on any atom is -0.493 e. The van der Waals surface area contributed by atoms with Gasteiger partial charge in [-0.3, -0.25) is 0 Å². The van der Waals surface area contributed by atoms with Crippen LogP contribution >= 0.6 is 0 Å². The zero-order chi connectivity index (χ0) is 9.42. The van der Waals surface area contributed by atoms with E-state index < -0.39 is 0 Å². The van der Waals surface area contributed by atoms with Gasteiger partial charge in [0.25, 0.3) is 5.78 Å². The Morgan fingerprint density at radius 3 is 2.92 bits per heavy atom. The second-order valence-corrected chi connectivity index (χ2v) is 2.63. The van der Waals surface area contributed by atoms with Crippen molar-refractivity contribution in [2.45, 2.75) is 13.5 Å². The largest absolute Gasteiger partial charge is 0.493 e. The number of aliphatic hydroxyl groups is 1. The third-order valence-corrected chi connectivity index (χ3v) is 1.61. The van der Waals surface area contributed by atoms with E-state index in [1.165, 1.54) is 10.6 Å². The molecule has 0 saturated carbocycles. The van der Waals surface area contributed by atoms with Gasteiger partial charge >= 0.3 is 0 Å². The molecule has 0 aliphatic carbocycles. The Balaban J connectivity index is 2.75. The van der Waals surface area contributed by atoms with Crippen molar-refractivity contribution in [3.63, 3.8) is 0 Å². The summed E-state index contributed by atoms with van der Waals surface area (Å²) >= 11 is 0. The lowest BCUT2D eigenvalue weighted by Gasteiger charge is -1.97. The molecule has 0 aliphatic rings. The van der Waals surface area contributed by atoms with Crippen molar-refractivity contribution in [1.82, 2.24) is 19.6 Å². The monoisotopic (exact) mass is 180 g/mol. The molecule has 13 heavy (non-hydrogen) atoms. The molecule has 2 N–H and O–H groups in total. The van der Waals surface area contributed by atoms with Gasteiger partial charge < -0.3 is 10.2 Å². The smallest absolute Gasteiger partial charge is 0.255 e. The summed E-state index contributed by atoms with van der Waals surface area (Å²) in [5.41, 5.74) is 0.373. The number of fused-ring (bicyclic) bond motifs is 1. The van der Waals surface area contributed by atoms with E-state index in [-0.39, 0.29) is 12.5 Å². The van der Waals surface area contributed by atoms with Crippen LogP contribution in [0.4, 0.5) is 0 Å². The van der Waals surface area contributed by atoms with Gasteiger partial charge in [0.15, 0.2) is 0 Å². The lowest BCUT2D eigenvalue weighted by molar-refractivity contribution is 0.275. The molecule has 2 aromatic rings. The summed E-state index contributed by atoms with van der Waals surface area (Å²) in [6.45, 7) is 1.47. The molecule has 0 aromatic carbocycles. The first-order chi connectivity index (χ1) is 6.20. The van der Waals surface area contributed by atoms with Crippen molar-refractivity contribution in [2.24, 2.45) is 0 Å². The van der Waals surface area contributed by atoms with E-state index in [9.17, 15) is 5.11 Å². The van der Waals surface area contributed by atoms with Crippen molar-refractivity contribution in [1.29, 1.82) is 0 Å². The Labute approximate surface area is 73.5 Å². The molecule has 2 rings (SSSR count). The van der Waals surface area contributed by atoms with Crippen LogP contribution in [0.2, 0.25) is 0 Å². The highest BCUT2D eigenvalue weighted by molar-refractivity contribution is 5.33. The Kier molecular flexibility index (Phi) is 1.63. The van der Waals surface area contributed by atoms with E-state index in [0.29, 0.717) is 17.3 Å². The number of hydrogen-bond acceptors (Lipinski definition) is 5. The molecule has 0 bridgehead atoms. The van der Waals surface area contributed by atoms with Gasteiger partial charge in [0.2, 0.25) is 5.88 Å². The Bertz CT molecular complexity index is 451. The normalized spacial score (nSPS) is 10.9. The fourth-order valence-electron chi connectivity index (χ4n) is 1.08. The van der Waals surface area contributed by atoms with Crippen LogP contribution in [0.3, 0.4) is 0 Å². The zero-order valence-electron chi connectivity index (χ0n) is 6.97. The maximum atomic E-state index is 9.41. The number of aromatic nitrogens is 4. The maximum Gasteiger partial charge on any atom is 0.255 e. The lowest BCUT2D eigenvalue weighted by Crippen LogP contribution is -1.96. The highest BCUT2D eigenvalue weighted by Crippen LogP contribution is 2.11. The molecule has 0 spiro atoms. The summed E-state index contributed by atoms with van der Waals surface area (Å²) in [5.74, 6) is 0.745. The van der Waals surface area contributed by atoms with Gasteiger partial charge in [-0.25, -0.2) is 4.98 Å². The highest BCUT2D eigenvalue weighted by atomic mass is 16.3. The van der Waals surface area contributed by atoms with Crippen molar-refractivity contribution in [3.05, 3.63) is 17.6 Å². The van der Waals surface area contributed by atoms with Crippen LogP contribution in [-0.4, -0.2) is 29.8 Å². The number of aromatic hydroxyl groups is 1. The van der Waals surface area contributed by atoms with Crippen LogP contribution in [0.15, 0.2) is 6.07 Å². The Hall–Kier alpha value is -1.69. The number of hydrogen-bond donors (Lipinski definition) is 2. The van der Waals surface area contributed by atoms with Crippen molar-refractivity contribution < 1.29 is 10.2 Å². The van der Waals surface area contributed by atoms with E-state index in [4.69, 9.17) is 5.11 Å². The minimum absolute atomic E-state index is 0.0744. The third-order valence-electron chi connectivity index (χ3n) is 1.61. The standard InChI is InChI=1S/C7H8N4O2/c1-4-8-7-9-5(3-12)2-6(13)11(7)10-4/h2,12-13H,3H2,1H3. The molecule has 0 saturated heterocycles. The maximum absolute atomic E-state index is 9.41. The number of nitrogens with zero attached hydrogens (tertiary/aromatic N) is 4. The fraction of sp³-hybridized carbons (Fsp3) is 0.286. The van der Waals surface area contributed by atoms with Crippen LogP contribution in [0.25, 0.3) is 5.78 Å². The number of rotatable bonds is 1. The molecule has 0 unspecified atom stereocenters. The molecule has 0 fully saturated rings. The molecule has 0 amide bonds. The van der Waals surface area contributed by atoms with Crippen LogP contribution in [0, 0.1) is 6.92 Å². The number of aryl methyl sites for hydroxylation is 1. The molecule has 0 aliphatic heterocycles. The third kappa shape index (κ3) is 1.20. The van der Waals surface area contributed by atoms with Crippen LogP contribution in [0.5, 0.6) is 5.88 Å². The van der Waals surface area contributed by atoms with E-state index in [0.717, 1.165) is 0 Å². The lowest BCUT2D eigenvalue weighted by atomic mass is 10.4. The van der Waals surface area contributed by atoms with E-state index in [1.807, 2.05) is 0 Å². The second-order valence-electron chi connectivity index (χ2n) is 2.63. The van der Waals surface area contributed by atoms with Gasteiger partial charge in [0.1, 0.15) is 5.82 Å². The molecular weight excluding hydrogens is 172 g/mol. The minimum atomic E-state index is -0.226. The van der Waals surface area contributed by atoms with Crippen molar-refractivity contribution in [2.75, 3.05) is 0 Å². The SMILES string of the molecule is Cc1nc2nc(CO)cc(O)n2n1. The molecule has 2 aromatic heterocycles. The average molecular weight is 180 g/mol. The number of aliphatic hydroxyl groups excluding tert-OH is 1. The van der Waals surface area contributed by atoms with Gasteiger partial charge in [0.05, 0.1) is 12.3 Å². The topological polar surface area (TPSA) is 83.5 Å². The summed E-state index contributed by atoms with van der Waals surface area (Å²) < 4.78 is 1.22. The average Bonchev–Trinajstić information content (AvgIpc) is 2.46. The molecule has 6 heteroatoms. The van der Waals surface area contributed by atoms with Crippen LogP contribution in [-0.2, 0) is 6.61 Å². The van der Waals surface area contributed by atoms with Gasteiger partial charge in [-0.2, -0.15) is 9.50 Å². The molecular formula is C7H8N4O2. The van der Waals surface area contributed by atoms with Gasteiger partial charge in [-0.05, 0) is 6.92 Å². The zero-order valence-corrected chi connectivity index (χ0v) is 6.97. The molecule has 2 heterocycles. The predicted octanol–water partition coefficient (Wildman–Crippen LogP) is -0.369.